The van der Waals surface area contributed by atoms with Gasteiger partial charge in [0, 0.05) is 23.6 Å². The van der Waals surface area contributed by atoms with Gasteiger partial charge in [0.2, 0.25) is 5.91 Å². The maximum absolute atomic E-state index is 12.9. The number of carbonyl (C=O) groups is 2. The van der Waals surface area contributed by atoms with Gasteiger partial charge in [0.15, 0.2) is 5.17 Å². The number of methoxy groups -OCH3 is 1. The normalized spacial score (nSPS) is 18.5. The van der Waals surface area contributed by atoms with Crippen LogP contribution in [-0.2, 0) is 9.59 Å². The van der Waals surface area contributed by atoms with Crippen LogP contribution in [0.15, 0.2) is 82.9 Å². The van der Waals surface area contributed by atoms with Crippen LogP contribution in [0.1, 0.15) is 36.9 Å². The first kappa shape index (κ1) is 26.8. The number of amides is 2. The summed E-state index contributed by atoms with van der Waals surface area (Å²) in [4.78, 5) is 29.9. The van der Waals surface area contributed by atoms with E-state index in [2.05, 4.69) is 10.3 Å². The molecule has 0 spiro atoms. The van der Waals surface area contributed by atoms with Crippen LogP contribution in [0.5, 0.6) is 11.5 Å². The number of ether oxygens (including phenoxy) is 2. The van der Waals surface area contributed by atoms with Crippen molar-refractivity contribution in [2.45, 2.75) is 31.1 Å². The Kier molecular flexibility index (Phi) is 8.18. The first-order chi connectivity index (χ1) is 18.9. The molecule has 8 nitrogen and oxygen atoms in total. The van der Waals surface area contributed by atoms with E-state index < -0.39 is 5.25 Å². The van der Waals surface area contributed by atoms with Crippen molar-refractivity contribution in [1.82, 2.24) is 5.01 Å². The minimum Gasteiger partial charge on any atom is -0.497 e. The Morgan fingerprint density at radius 2 is 1.74 bits per heavy atom. The number of benzene rings is 3. The lowest BCUT2D eigenvalue weighted by molar-refractivity contribution is -0.121. The van der Waals surface area contributed by atoms with Crippen molar-refractivity contribution < 1.29 is 19.1 Å². The molecule has 10 heteroatoms. The van der Waals surface area contributed by atoms with Crippen molar-refractivity contribution in [3.63, 3.8) is 0 Å². The lowest BCUT2D eigenvalue weighted by Crippen LogP contribution is -2.25. The summed E-state index contributed by atoms with van der Waals surface area (Å²) < 4.78 is 10.8. The summed E-state index contributed by atoms with van der Waals surface area (Å²) in [7, 11) is 1.63. The number of hydrogen-bond donors (Lipinski definition) is 1. The number of hydrazone groups is 1. The second-order valence-corrected chi connectivity index (χ2v) is 10.5. The molecule has 0 aromatic heterocycles. The van der Waals surface area contributed by atoms with Crippen LogP contribution in [0, 0.1) is 0 Å². The van der Waals surface area contributed by atoms with E-state index in [-0.39, 0.29) is 24.3 Å². The minimum absolute atomic E-state index is 0.00148. The van der Waals surface area contributed by atoms with Crippen LogP contribution in [0.2, 0.25) is 5.02 Å². The number of thioether (sulfide) groups is 1. The van der Waals surface area contributed by atoms with Gasteiger partial charge in [-0.05, 0) is 66.6 Å². The van der Waals surface area contributed by atoms with Crippen LogP contribution in [-0.4, -0.2) is 46.7 Å². The van der Waals surface area contributed by atoms with Crippen molar-refractivity contribution in [2.75, 3.05) is 19.0 Å². The summed E-state index contributed by atoms with van der Waals surface area (Å²) in [5, 5.41) is 10.00. The highest BCUT2D eigenvalue weighted by Crippen LogP contribution is 2.39. The molecule has 39 heavy (non-hydrogen) atoms. The predicted molar refractivity (Wildman–Crippen MR) is 155 cm³/mol. The first-order valence-electron chi connectivity index (χ1n) is 12.5. The molecular weight excluding hydrogens is 536 g/mol. The van der Waals surface area contributed by atoms with Gasteiger partial charge in [-0.1, -0.05) is 47.6 Å². The molecule has 0 fully saturated rings. The minimum atomic E-state index is -0.631. The Morgan fingerprint density at radius 3 is 2.41 bits per heavy atom. The molecule has 0 saturated carbocycles. The summed E-state index contributed by atoms with van der Waals surface area (Å²) in [5.74, 6) is 0.870. The van der Waals surface area contributed by atoms with E-state index in [1.165, 1.54) is 11.8 Å². The summed E-state index contributed by atoms with van der Waals surface area (Å²) in [6, 6.07) is 22.2. The lowest BCUT2D eigenvalue weighted by atomic mass is 9.98. The molecule has 0 unspecified atom stereocenters. The molecule has 5 rings (SSSR count). The predicted octanol–water partition coefficient (Wildman–Crippen LogP) is 5.93. The van der Waals surface area contributed by atoms with Crippen LogP contribution < -0.4 is 14.8 Å². The van der Waals surface area contributed by atoms with E-state index in [1.807, 2.05) is 55.5 Å². The monoisotopic (exact) mass is 562 g/mol. The van der Waals surface area contributed by atoms with Crippen molar-refractivity contribution in [3.8, 4) is 11.5 Å². The average molecular weight is 563 g/mol. The molecule has 2 atom stereocenters. The van der Waals surface area contributed by atoms with Gasteiger partial charge in [-0.15, -0.1) is 0 Å². The van der Waals surface area contributed by atoms with E-state index >= 15 is 0 Å². The fourth-order valence-corrected chi connectivity index (χ4v) is 5.56. The van der Waals surface area contributed by atoms with Gasteiger partial charge in [0.05, 0.1) is 25.5 Å². The van der Waals surface area contributed by atoms with E-state index in [9.17, 15) is 9.59 Å². The quantitative estimate of drug-likeness (QED) is 0.366. The topological polar surface area (TPSA) is 92.6 Å². The maximum Gasteiger partial charge on any atom is 0.262 e. The van der Waals surface area contributed by atoms with Crippen LogP contribution >= 0.6 is 23.4 Å². The molecule has 2 aliphatic heterocycles. The standard InChI is InChI=1S/C29H27ClN4O4S/c1-3-38-23-14-10-21(11-15-23)31-27(35)17-26-28(36)32-29(39-26)34-25(19-6-12-22(37-2)13-7-19)16-24(33-34)18-4-8-20(30)9-5-18/h4-15,25-26H,3,16-17H2,1-2H3,(H,31,35)/t25-,26-/m1/s1. The zero-order chi connectivity index (χ0) is 27.4. The summed E-state index contributed by atoms with van der Waals surface area (Å²) >= 11 is 7.35. The van der Waals surface area contributed by atoms with Crippen LogP contribution in [0.3, 0.4) is 0 Å². The molecule has 2 aliphatic rings. The highest BCUT2D eigenvalue weighted by molar-refractivity contribution is 8.15. The second kappa shape index (κ2) is 11.9. The number of nitrogens with zero attached hydrogens (tertiary/aromatic N) is 3. The Hall–Kier alpha value is -3.82. The van der Waals surface area contributed by atoms with E-state index in [4.69, 9.17) is 26.2 Å². The number of hydrogen-bond acceptors (Lipinski definition) is 7. The number of rotatable bonds is 8. The summed E-state index contributed by atoms with van der Waals surface area (Å²) in [5.41, 5.74) is 3.45. The maximum atomic E-state index is 12.9. The van der Waals surface area contributed by atoms with Crippen LogP contribution in [0.4, 0.5) is 5.69 Å². The van der Waals surface area contributed by atoms with Gasteiger partial charge >= 0.3 is 0 Å². The smallest absolute Gasteiger partial charge is 0.262 e. The Balaban J connectivity index is 1.31. The van der Waals surface area contributed by atoms with Crippen molar-refractivity contribution in [3.05, 3.63) is 88.9 Å². The molecular formula is C29H27ClN4O4S. The Labute approximate surface area is 236 Å². The molecule has 3 aromatic rings. The third kappa shape index (κ3) is 6.26. The zero-order valence-corrected chi connectivity index (χ0v) is 23.0. The van der Waals surface area contributed by atoms with Gasteiger partial charge in [-0.2, -0.15) is 10.1 Å². The molecule has 2 heterocycles. The third-order valence-electron chi connectivity index (χ3n) is 6.33. The highest BCUT2D eigenvalue weighted by atomic mass is 35.5. The number of halogens is 1. The molecule has 0 bridgehead atoms. The highest BCUT2D eigenvalue weighted by Gasteiger charge is 2.39. The summed E-state index contributed by atoms with van der Waals surface area (Å²) in [6.07, 6.45) is 0.614. The SMILES string of the molecule is CCOc1ccc(NC(=O)C[C@H]2SC(N3N=C(c4ccc(Cl)cc4)C[C@@H]3c3ccc(OC)cc3)=NC2=O)cc1. The van der Waals surface area contributed by atoms with Gasteiger partial charge in [-0.3, -0.25) is 9.59 Å². The second-order valence-electron chi connectivity index (χ2n) is 8.94. The third-order valence-corrected chi connectivity index (χ3v) is 7.73. The van der Waals surface area contributed by atoms with Crippen molar-refractivity contribution >= 4 is 51.7 Å². The average Bonchev–Trinajstić information content (AvgIpc) is 3.54. The number of carbonyl (C=O) groups excluding carboxylic acids is 2. The van der Waals surface area contributed by atoms with E-state index in [1.54, 1.807) is 36.4 Å². The van der Waals surface area contributed by atoms with Crippen molar-refractivity contribution in [1.29, 1.82) is 0 Å². The first-order valence-corrected chi connectivity index (χ1v) is 13.8. The zero-order valence-electron chi connectivity index (χ0n) is 21.5. The van der Waals surface area contributed by atoms with E-state index in [0.29, 0.717) is 28.9 Å². The van der Waals surface area contributed by atoms with E-state index in [0.717, 1.165) is 28.3 Å². The van der Waals surface area contributed by atoms with Gasteiger partial charge in [0.1, 0.15) is 16.7 Å². The van der Waals surface area contributed by atoms with Gasteiger partial charge < -0.3 is 14.8 Å². The molecule has 2 amide bonds. The molecule has 1 N–H and O–H groups in total. The lowest BCUT2D eigenvalue weighted by Gasteiger charge is -2.23. The van der Waals surface area contributed by atoms with Gasteiger partial charge in [-0.25, -0.2) is 5.01 Å². The largest absolute Gasteiger partial charge is 0.497 e. The molecule has 0 aliphatic carbocycles. The number of anilines is 1. The fourth-order valence-electron chi connectivity index (χ4n) is 4.38. The Morgan fingerprint density at radius 1 is 1.05 bits per heavy atom. The van der Waals surface area contributed by atoms with Crippen molar-refractivity contribution in [2.24, 2.45) is 10.1 Å². The number of nitrogens with one attached hydrogen (secondary N) is 1. The molecule has 200 valence electrons. The molecule has 0 radical (unpaired) electrons. The van der Waals surface area contributed by atoms with Gasteiger partial charge in [0.25, 0.3) is 5.91 Å². The van der Waals surface area contributed by atoms with Crippen LogP contribution in [0.25, 0.3) is 0 Å². The molecule has 3 aromatic carbocycles. The fraction of sp³-hybridized carbons (Fsp3) is 0.241. The Bertz CT molecular complexity index is 1410. The summed E-state index contributed by atoms with van der Waals surface area (Å²) in [6.45, 7) is 2.48. The number of aliphatic imine (C=N–C) groups is 1. The number of amidine groups is 1. The molecule has 0 saturated heterocycles.